The van der Waals surface area contributed by atoms with Gasteiger partial charge in [0.25, 0.3) is 0 Å². The van der Waals surface area contributed by atoms with Crippen molar-refractivity contribution in [2.24, 2.45) is 5.73 Å². The Kier molecular flexibility index (Phi) is 2.31. The van der Waals surface area contributed by atoms with Crippen LogP contribution in [0.2, 0.25) is 0 Å². The molecule has 0 aliphatic carbocycles. The molecule has 3 rings (SSSR count). The maximum atomic E-state index is 5.59. The van der Waals surface area contributed by atoms with Crippen LogP contribution in [-0.2, 0) is 6.54 Å². The van der Waals surface area contributed by atoms with Crippen molar-refractivity contribution in [3.8, 4) is 5.82 Å². The molecule has 0 amide bonds. The zero-order chi connectivity index (χ0) is 11.7. The van der Waals surface area contributed by atoms with E-state index in [1.54, 1.807) is 4.68 Å². The number of nitrogens with two attached hydrogens (primary N) is 1. The standard InChI is InChI=1S/C12H11N5/c13-6-12-15-8-16-17(12)11-5-9-3-1-2-4-10(9)7-14-11/h1-5,7-8H,6,13H2. The maximum absolute atomic E-state index is 5.59. The summed E-state index contributed by atoms with van der Waals surface area (Å²) in [5.41, 5.74) is 5.59. The van der Waals surface area contributed by atoms with Gasteiger partial charge >= 0.3 is 0 Å². The first kappa shape index (κ1) is 9.92. The van der Waals surface area contributed by atoms with E-state index in [0.29, 0.717) is 12.4 Å². The Labute approximate surface area is 97.9 Å². The molecule has 0 saturated heterocycles. The molecule has 0 atom stereocenters. The molecule has 3 aromatic rings. The van der Waals surface area contributed by atoms with Crippen molar-refractivity contribution in [1.82, 2.24) is 19.7 Å². The van der Waals surface area contributed by atoms with Crippen molar-refractivity contribution in [2.45, 2.75) is 6.54 Å². The van der Waals surface area contributed by atoms with Gasteiger partial charge in [0, 0.05) is 11.6 Å². The Balaban J connectivity index is 2.18. The van der Waals surface area contributed by atoms with Gasteiger partial charge in [0.2, 0.25) is 0 Å². The third-order valence-corrected chi connectivity index (χ3v) is 2.63. The SMILES string of the molecule is NCc1ncnn1-c1cc2ccccc2cn1. The van der Waals surface area contributed by atoms with Gasteiger partial charge < -0.3 is 5.73 Å². The van der Waals surface area contributed by atoms with Gasteiger partial charge in [-0.3, -0.25) is 0 Å². The smallest absolute Gasteiger partial charge is 0.156 e. The summed E-state index contributed by atoms with van der Waals surface area (Å²) in [6.07, 6.45) is 3.31. The Morgan fingerprint density at radius 1 is 1.12 bits per heavy atom. The zero-order valence-corrected chi connectivity index (χ0v) is 9.11. The van der Waals surface area contributed by atoms with Crippen LogP contribution in [0.25, 0.3) is 16.6 Å². The summed E-state index contributed by atoms with van der Waals surface area (Å²) >= 11 is 0. The van der Waals surface area contributed by atoms with E-state index >= 15 is 0 Å². The molecule has 0 aliphatic rings. The van der Waals surface area contributed by atoms with E-state index in [2.05, 4.69) is 15.1 Å². The highest BCUT2D eigenvalue weighted by Gasteiger charge is 2.06. The minimum atomic E-state index is 0.342. The Morgan fingerprint density at radius 3 is 2.76 bits per heavy atom. The fourth-order valence-electron chi connectivity index (χ4n) is 1.78. The van der Waals surface area contributed by atoms with Crippen LogP contribution in [0.4, 0.5) is 0 Å². The fourth-order valence-corrected chi connectivity index (χ4v) is 1.78. The summed E-state index contributed by atoms with van der Waals surface area (Å²) in [6, 6.07) is 10.0. The van der Waals surface area contributed by atoms with Gasteiger partial charge in [-0.1, -0.05) is 24.3 Å². The summed E-state index contributed by atoms with van der Waals surface area (Å²) < 4.78 is 1.66. The lowest BCUT2D eigenvalue weighted by molar-refractivity contribution is 0.770. The molecule has 0 fully saturated rings. The third kappa shape index (κ3) is 1.66. The van der Waals surface area contributed by atoms with Gasteiger partial charge in [0.05, 0.1) is 6.54 Å². The Morgan fingerprint density at radius 2 is 1.94 bits per heavy atom. The highest BCUT2D eigenvalue weighted by Crippen LogP contribution is 2.15. The molecule has 0 radical (unpaired) electrons. The van der Waals surface area contributed by atoms with Crippen molar-refractivity contribution in [1.29, 1.82) is 0 Å². The molecule has 2 aromatic heterocycles. The van der Waals surface area contributed by atoms with Crippen molar-refractivity contribution in [2.75, 3.05) is 0 Å². The lowest BCUT2D eigenvalue weighted by atomic mass is 10.2. The number of rotatable bonds is 2. The molecular formula is C12H11N5. The highest BCUT2D eigenvalue weighted by molar-refractivity contribution is 5.82. The average molecular weight is 225 g/mol. The topological polar surface area (TPSA) is 69.6 Å². The van der Waals surface area contributed by atoms with Crippen LogP contribution in [0.5, 0.6) is 0 Å². The molecule has 2 N–H and O–H groups in total. The van der Waals surface area contributed by atoms with Crippen LogP contribution < -0.4 is 5.73 Å². The number of nitrogens with zero attached hydrogens (tertiary/aromatic N) is 4. The Hall–Kier alpha value is -2.27. The van der Waals surface area contributed by atoms with Gasteiger partial charge in [-0.2, -0.15) is 9.78 Å². The monoisotopic (exact) mass is 225 g/mol. The first-order chi connectivity index (χ1) is 8.38. The van der Waals surface area contributed by atoms with Crippen LogP contribution in [0, 0.1) is 0 Å². The molecule has 0 saturated carbocycles. The molecule has 17 heavy (non-hydrogen) atoms. The molecule has 0 unspecified atom stereocenters. The van der Waals surface area contributed by atoms with E-state index in [0.717, 1.165) is 16.6 Å². The Bertz CT molecular complexity index is 659. The number of pyridine rings is 1. The summed E-state index contributed by atoms with van der Waals surface area (Å²) in [6.45, 7) is 0.342. The molecule has 0 bridgehead atoms. The number of benzene rings is 1. The lowest BCUT2D eigenvalue weighted by Crippen LogP contribution is -2.09. The van der Waals surface area contributed by atoms with E-state index in [1.165, 1.54) is 6.33 Å². The molecule has 1 aromatic carbocycles. The van der Waals surface area contributed by atoms with Gasteiger partial charge in [0.15, 0.2) is 5.82 Å². The lowest BCUT2D eigenvalue weighted by Gasteiger charge is -2.04. The first-order valence-corrected chi connectivity index (χ1v) is 5.32. The molecule has 2 heterocycles. The predicted molar refractivity (Wildman–Crippen MR) is 64.6 cm³/mol. The third-order valence-electron chi connectivity index (χ3n) is 2.63. The van der Waals surface area contributed by atoms with Crippen LogP contribution >= 0.6 is 0 Å². The minimum absolute atomic E-state index is 0.342. The first-order valence-electron chi connectivity index (χ1n) is 5.32. The van der Waals surface area contributed by atoms with Gasteiger partial charge in [0.1, 0.15) is 12.2 Å². The summed E-state index contributed by atoms with van der Waals surface area (Å²) in [7, 11) is 0. The number of hydrogen-bond acceptors (Lipinski definition) is 4. The summed E-state index contributed by atoms with van der Waals surface area (Å²) in [4.78, 5) is 8.44. The maximum Gasteiger partial charge on any atom is 0.156 e. The summed E-state index contributed by atoms with van der Waals surface area (Å²) in [5.74, 6) is 1.44. The van der Waals surface area contributed by atoms with Crippen LogP contribution in [0.15, 0.2) is 42.9 Å². The van der Waals surface area contributed by atoms with Crippen molar-refractivity contribution < 1.29 is 0 Å². The van der Waals surface area contributed by atoms with Crippen molar-refractivity contribution >= 4 is 10.8 Å². The highest BCUT2D eigenvalue weighted by atomic mass is 15.4. The van der Waals surface area contributed by atoms with Gasteiger partial charge in [-0.25, -0.2) is 9.97 Å². The van der Waals surface area contributed by atoms with Gasteiger partial charge in [-0.15, -0.1) is 0 Å². The van der Waals surface area contributed by atoms with E-state index < -0.39 is 0 Å². The minimum Gasteiger partial charge on any atom is -0.324 e. The van der Waals surface area contributed by atoms with Crippen LogP contribution in [-0.4, -0.2) is 19.7 Å². The zero-order valence-electron chi connectivity index (χ0n) is 9.11. The predicted octanol–water partition coefficient (Wildman–Crippen LogP) is 1.27. The van der Waals surface area contributed by atoms with Crippen molar-refractivity contribution in [3.05, 3.63) is 48.7 Å². The van der Waals surface area contributed by atoms with Gasteiger partial charge in [-0.05, 0) is 11.5 Å². The van der Waals surface area contributed by atoms with Crippen LogP contribution in [0.3, 0.4) is 0 Å². The second kappa shape index (κ2) is 3.95. The van der Waals surface area contributed by atoms with E-state index in [-0.39, 0.29) is 0 Å². The van der Waals surface area contributed by atoms with Crippen molar-refractivity contribution in [3.63, 3.8) is 0 Å². The van der Waals surface area contributed by atoms with E-state index in [4.69, 9.17) is 5.73 Å². The molecule has 0 spiro atoms. The summed E-state index contributed by atoms with van der Waals surface area (Å²) in [5, 5.41) is 6.35. The molecule has 0 aliphatic heterocycles. The molecule has 84 valence electrons. The fraction of sp³-hybridized carbons (Fsp3) is 0.0833. The van der Waals surface area contributed by atoms with Crippen LogP contribution in [0.1, 0.15) is 5.82 Å². The second-order valence-corrected chi connectivity index (χ2v) is 3.68. The van der Waals surface area contributed by atoms with E-state index in [1.807, 2.05) is 36.5 Å². The number of fused-ring (bicyclic) bond motifs is 1. The quantitative estimate of drug-likeness (QED) is 0.713. The molecule has 5 nitrogen and oxygen atoms in total. The number of aromatic nitrogens is 4. The van der Waals surface area contributed by atoms with E-state index in [9.17, 15) is 0 Å². The largest absolute Gasteiger partial charge is 0.324 e. The molecule has 5 heteroatoms. The molecular weight excluding hydrogens is 214 g/mol. The second-order valence-electron chi connectivity index (χ2n) is 3.68. The number of hydrogen-bond donors (Lipinski definition) is 1. The average Bonchev–Trinajstić information content (AvgIpc) is 2.86. The normalized spacial score (nSPS) is 10.9.